The van der Waals surface area contributed by atoms with Gasteiger partial charge in [0.25, 0.3) is 0 Å². The Hall–Kier alpha value is -3.36. The number of carbonyl (C=O) groups is 3. The van der Waals surface area contributed by atoms with E-state index in [-0.39, 0.29) is 6.61 Å². The van der Waals surface area contributed by atoms with Gasteiger partial charge in [-0.15, -0.1) is 0 Å². The molecule has 0 aromatic heterocycles. The molecule has 1 aromatic carbocycles. The number of amides is 3. The second kappa shape index (κ2) is 9.82. The van der Waals surface area contributed by atoms with Crippen LogP contribution in [0.15, 0.2) is 42.1 Å². The van der Waals surface area contributed by atoms with Gasteiger partial charge in [0.1, 0.15) is 12.6 Å². The van der Waals surface area contributed by atoms with Crippen LogP contribution in [0, 0.1) is 0 Å². The second-order valence-electron chi connectivity index (χ2n) is 5.13. The zero-order chi connectivity index (χ0) is 19.7. The van der Waals surface area contributed by atoms with Gasteiger partial charge in [-0.25, -0.2) is 19.3 Å². The Morgan fingerprint density at radius 3 is 2.46 bits per heavy atom. The van der Waals surface area contributed by atoms with E-state index in [0.29, 0.717) is 21.9 Å². The van der Waals surface area contributed by atoms with Crippen molar-refractivity contribution in [1.82, 2.24) is 4.90 Å². The fraction of sp³-hybridized carbons (Fsp3) is 0.294. The Balaban J connectivity index is 2.98. The fourth-order valence-corrected chi connectivity index (χ4v) is 1.93. The van der Waals surface area contributed by atoms with Crippen molar-refractivity contribution in [3.05, 3.63) is 42.5 Å². The van der Waals surface area contributed by atoms with Crippen molar-refractivity contribution in [2.45, 2.75) is 19.9 Å². The number of hydrogen-bond donors (Lipinski definition) is 2. The Kier molecular flexibility index (Phi) is 7.81. The van der Waals surface area contributed by atoms with E-state index in [2.05, 4.69) is 21.8 Å². The summed E-state index contributed by atoms with van der Waals surface area (Å²) < 4.78 is 9.43. The molecule has 3 amide bonds. The molecule has 0 spiro atoms. The number of oxime groups is 1. The van der Waals surface area contributed by atoms with Crippen molar-refractivity contribution in [2.24, 2.45) is 5.16 Å². The molecule has 9 nitrogen and oxygen atoms in total. The summed E-state index contributed by atoms with van der Waals surface area (Å²) in [6, 6.07) is 4.29. The van der Waals surface area contributed by atoms with Crippen LogP contribution in [0.1, 0.15) is 19.4 Å². The van der Waals surface area contributed by atoms with E-state index in [9.17, 15) is 14.4 Å². The van der Waals surface area contributed by atoms with Crippen LogP contribution >= 0.6 is 0 Å². The van der Waals surface area contributed by atoms with Crippen molar-refractivity contribution < 1.29 is 29.1 Å². The molecule has 1 unspecified atom stereocenters. The zero-order valence-corrected chi connectivity index (χ0v) is 14.8. The van der Waals surface area contributed by atoms with Gasteiger partial charge in [-0.1, -0.05) is 29.9 Å². The van der Waals surface area contributed by atoms with Gasteiger partial charge in [-0.3, -0.25) is 0 Å². The van der Waals surface area contributed by atoms with E-state index in [1.807, 2.05) is 0 Å². The van der Waals surface area contributed by atoms with E-state index < -0.39 is 24.1 Å². The van der Waals surface area contributed by atoms with E-state index in [0.717, 1.165) is 7.11 Å². The highest BCUT2D eigenvalue weighted by Crippen LogP contribution is 2.13. The van der Waals surface area contributed by atoms with Crippen LogP contribution in [0.25, 0.3) is 0 Å². The third kappa shape index (κ3) is 5.33. The molecule has 0 aliphatic rings. The minimum Gasteiger partial charge on any atom is -0.467 e. The summed E-state index contributed by atoms with van der Waals surface area (Å²) in [5.41, 5.74) is 1.41. The summed E-state index contributed by atoms with van der Waals surface area (Å²) in [4.78, 5) is 36.9. The Morgan fingerprint density at radius 1 is 1.35 bits per heavy atom. The van der Waals surface area contributed by atoms with Crippen molar-refractivity contribution in [3.8, 4) is 0 Å². The fourth-order valence-electron chi connectivity index (χ4n) is 1.93. The molecule has 26 heavy (non-hydrogen) atoms. The molecular weight excluding hydrogens is 342 g/mol. The molecule has 0 bridgehead atoms. The summed E-state index contributed by atoms with van der Waals surface area (Å²) in [6.07, 6.45) is 0.320. The van der Waals surface area contributed by atoms with Crippen molar-refractivity contribution in [1.29, 1.82) is 0 Å². The topological polar surface area (TPSA) is 118 Å². The molecule has 0 heterocycles. The number of rotatable bonds is 6. The summed E-state index contributed by atoms with van der Waals surface area (Å²) in [5, 5.41) is 14.3. The predicted octanol–water partition coefficient (Wildman–Crippen LogP) is 2.60. The van der Waals surface area contributed by atoms with Crippen LogP contribution in [0.5, 0.6) is 0 Å². The highest BCUT2D eigenvalue weighted by molar-refractivity contribution is 6.03. The molecule has 140 valence electrons. The third-order valence-corrected chi connectivity index (χ3v) is 3.37. The Morgan fingerprint density at radius 2 is 1.96 bits per heavy atom. The third-order valence-electron chi connectivity index (χ3n) is 3.37. The Bertz CT molecular complexity index is 699. The van der Waals surface area contributed by atoms with E-state index in [1.54, 1.807) is 31.2 Å². The minimum atomic E-state index is -1.19. The lowest BCUT2D eigenvalue weighted by Gasteiger charge is -2.24. The number of ether oxygens (including phenoxy) is 2. The van der Waals surface area contributed by atoms with Gasteiger partial charge in [0.2, 0.25) is 0 Å². The number of nitrogens with one attached hydrogen (secondary N) is 1. The van der Waals surface area contributed by atoms with Crippen LogP contribution < -0.4 is 5.32 Å². The van der Waals surface area contributed by atoms with E-state index in [4.69, 9.17) is 9.94 Å². The van der Waals surface area contributed by atoms with Gasteiger partial charge in [0.05, 0.1) is 12.8 Å². The van der Waals surface area contributed by atoms with Crippen LogP contribution in [0.3, 0.4) is 0 Å². The number of esters is 1. The maximum atomic E-state index is 12.5. The zero-order valence-electron chi connectivity index (χ0n) is 14.8. The van der Waals surface area contributed by atoms with Crippen LogP contribution in [0.4, 0.5) is 15.3 Å². The molecule has 0 saturated carbocycles. The molecule has 0 saturated heterocycles. The lowest BCUT2D eigenvalue weighted by Crippen LogP contribution is -2.49. The molecule has 1 aromatic rings. The first kappa shape index (κ1) is 20.7. The number of benzene rings is 1. The lowest BCUT2D eigenvalue weighted by molar-refractivity contribution is -0.144. The van der Waals surface area contributed by atoms with Gasteiger partial charge in [0, 0.05) is 5.69 Å². The number of urea groups is 1. The average Bonchev–Trinajstić information content (AvgIpc) is 2.65. The van der Waals surface area contributed by atoms with Crippen molar-refractivity contribution in [2.75, 3.05) is 19.0 Å². The maximum Gasteiger partial charge on any atom is 0.419 e. The molecule has 0 aliphatic carbocycles. The maximum absolute atomic E-state index is 12.5. The van der Waals surface area contributed by atoms with Gasteiger partial charge in [-0.2, -0.15) is 0 Å². The van der Waals surface area contributed by atoms with Crippen LogP contribution in [-0.2, 0) is 14.3 Å². The number of methoxy groups -OCH3 is 1. The van der Waals surface area contributed by atoms with Crippen LogP contribution in [-0.4, -0.2) is 53.7 Å². The summed E-state index contributed by atoms with van der Waals surface area (Å²) in [7, 11) is 1.15. The molecule has 1 rings (SSSR count). The molecule has 9 heteroatoms. The largest absolute Gasteiger partial charge is 0.467 e. The van der Waals surface area contributed by atoms with Gasteiger partial charge in [-0.05, 0) is 31.5 Å². The van der Waals surface area contributed by atoms with Crippen LogP contribution in [0.2, 0.25) is 0 Å². The van der Waals surface area contributed by atoms with Crippen molar-refractivity contribution >= 4 is 29.5 Å². The SMILES string of the molecule is C=CCOC(=O)N(C(=O)Nc1ccc(C(C)=NO)cc1)C(C)C(=O)OC. The standard InChI is InChI=1S/C17H21N3O6/c1-5-10-26-17(23)20(12(3)15(21)25-4)16(22)18-14-8-6-13(7-9-14)11(2)19-24/h5-9,12,24H,1,10H2,2-4H3,(H,18,22). The number of anilines is 1. The first-order valence-electron chi connectivity index (χ1n) is 7.60. The Labute approximate surface area is 150 Å². The quantitative estimate of drug-likeness (QED) is 0.264. The van der Waals surface area contributed by atoms with E-state index in [1.165, 1.54) is 13.0 Å². The predicted molar refractivity (Wildman–Crippen MR) is 94.3 cm³/mol. The molecule has 1 atom stereocenters. The highest BCUT2D eigenvalue weighted by Gasteiger charge is 2.33. The first-order chi connectivity index (χ1) is 12.3. The molecule has 2 N–H and O–H groups in total. The normalized spacial score (nSPS) is 11.9. The number of carbonyl (C=O) groups excluding carboxylic acids is 3. The lowest BCUT2D eigenvalue weighted by atomic mass is 10.1. The number of nitrogens with zero attached hydrogens (tertiary/aromatic N) is 2. The smallest absolute Gasteiger partial charge is 0.419 e. The van der Waals surface area contributed by atoms with Crippen molar-refractivity contribution in [3.63, 3.8) is 0 Å². The summed E-state index contributed by atoms with van der Waals surface area (Å²) >= 11 is 0. The van der Waals surface area contributed by atoms with Gasteiger partial charge in [0.15, 0.2) is 0 Å². The molecular formula is C17H21N3O6. The van der Waals surface area contributed by atoms with Gasteiger partial charge < -0.3 is 20.0 Å². The molecule has 0 fully saturated rings. The summed E-state index contributed by atoms with van der Waals surface area (Å²) in [6.45, 7) is 6.25. The number of hydrogen-bond acceptors (Lipinski definition) is 7. The number of imide groups is 1. The molecule has 0 radical (unpaired) electrons. The highest BCUT2D eigenvalue weighted by atomic mass is 16.6. The second-order valence-corrected chi connectivity index (χ2v) is 5.13. The monoisotopic (exact) mass is 363 g/mol. The van der Waals surface area contributed by atoms with E-state index >= 15 is 0 Å². The molecule has 0 aliphatic heterocycles. The summed E-state index contributed by atoms with van der Waals surface area (Å²) in [5.74, 6) is -0.777. The first-order valence-corrected chi connectivity index (χ1v) is 7.60. The average molecular weight is 363 g/mol. The minimum absolute atomic E-state index is 0.120. The van der Waals surface area contributed by atoms with Gasteiger partial charge >= 0.3 is 18.1 Å².